The Morgan fingerprint density at radius 1 is 1.33 bits per heavy atom. The Morgan fingerprint density at radius 2 is 2.07 bits per heavy atom. The first-order chi connectivity index (χ1) is 14.1. The quantitative estimate of drug-likeness (QED) is 0.735. The van der Waals surface area contributed by atoms with Crippen molar-refractivity contribution in [2.75, 3.05) is 19.1 Å². The van der Waals surface area contributed by atoms with Gasteiger partial charge in [0.15, 0.2) is 5.65 Å². The van der Waals surface area contributed by atoms with Crippen LogP contribution in [0.4, 0.5) is 10.6 Å². The SMILES string of the molecule is CO[C@H]1CCC[C@@H](NC(=O)c2cnn3c(N(C)C(=O)OC(C)(C)C)cc(Cl)nc23)C1. The minimum absolute atomic E-state index is 0.0224. The number of anilines is 1. The topological polar surface area (TPSA) is 98.1 Å². The second kappa shape index (κ2) is 8.77. The normalized spacial score (nSPS) is 19.5. The maximum absolute atomic E-state index is 12.9. The summed E-state index contributed by atoms with van der Waals surface area (Å²) in [6.07, 6.45) is 4.66. The van der Waals surface area contributed by atoms with Crippen LogP contribution in [0.1, 0.15) is 56.8 Å². The van der Waals surface area contributed by atoms with E-state index in [1.54, 1.807) is 34.9 Å². The van der Waals surface area contributed by atoms with Crippen molar-refractivity contribution in [3.8, 4) is 0 Å². The van der Waals surface area contributed by atoms with Gasteiger partial charge in [0, 0.05) is 26.3 Å². The standard InChI is InChI=1S/C20H28ClN5O4/c1-20(2,3)30-19(28)25(4)16-10-15(21)24-17-14(11-22-26(16)17)18(27)23-12-7-6-8-13(9-12)29-5/h10-13H,6-9H2,1-5H3,(H,23,27)/t12-,13+/m1/s1. The molecule has 0 unspecified atom stereocenters. The molecule has 9 nitrogen and oxygen atoms in total. The molecule has 30 heavy (non-hydrogen) atoms. The van der Waals surface area contributed by atoms with E-state index in [1.807, 2.05) is 0 Å². The molecule has 0 aromatic carbocycles. The van der Waals surface area contributed by atoms with Crippen molar-refractivity contribution in [3.63, 3.8) is 0 Å². The predicted octanol–water partition coefficient (Wildman–Crippen LogP) is 3.44. The van der Waals surface area contributed by atoms with E-state index >= 15 is 0 Å². The van der Waals surface area contributed by atoms with Crippen LogP contribution in [-0.2, 0) is 9.47 Å². The van der Waals surface area contributed by atoms with Gasteiger partial charge in [-0.25, -0.2) is 9.78 Å². The Hall–Kier alpha value is -2.39. The number of nitrogens with one attached hydrogen (secondary N) is 1. The van der Waals surface area contributed by atoms with Gasteiger partial charge in [0.05, 0.1) is 12.3 Å². The Morgan fingerprint density at radius 3 is 2.73 bits per heavy atom. The van der Waals surface area contributed by atoms with Gasteiger partial charge in [0.2, 0.25) is 0 Å². The van der Waals surface area contributed by atoms with Crippen molar-refractivity contribution in [2.45, 2.75) is 64.2 Å². The van der Waals surface area contributed by atoms with Gasteiger partial charge in [-0.2, -0.15) is 9.61 Å². The third-order valence-corrected chi connectivity index (χ3v) is 5.17. The van der Waals surface area contributed by atoms with Crippen LogP contribution in [0.25, 0.3) is 5.65 Å². The molecule has 0 spiro atoms. The fourth-order valence-electron chi connectivity index (χ4n) is 3.49. The number of rotatable bonds is 4. The van der Waals surface area contributed by atoms with Gasteiger partial charge in [-0.15, -0.1) is 0 Å². The maximum Gasteiger partial charge on any atom is 0.415 e. The first-order valence-corrected chi connectivity index (χ1v) is 10.3. The van der Waals surface area contributed by atoms with Gasteiger partial charge in [-0.05, 0) is 46.5 Å². The van der Waals surface area contributed by atoms with E-state index < -0.39 is 11.7 Å². The highest BCUT2D eigenvalue weighted by Crippen LogP contribution is 2.24. The minimum atomic E-state index is -0.656. The van der Waals surface area contributed by atoms with E-state index in [0.29, 0.717) is 5.82 Å². The van der Waals surface area contributed by atoms with Crippen LogP contribution in [-0.4, -0.2) is 58.5 Å². The number of amides is 2. The Balaban J connectivity index is 1.86. The number of aromatic nitrogens is 3. The molecular weight excluding hydrogens is 410 g/mol. The number of hydrogen-bond acceptors (Lipinski definition) is 6. The van der Waals surface area contributed by atoms with Crippen molar-refractivity contribution in [1.29, 1.82) is 0 Å². The number of hydrogen-bond donors (Lipinski definition) is 1. The molecule has 0 bridgehead atoms. The van der Waals surface area contributed by atoms with Crippen molar-refractivity contribution >= 4 is 35.1 Å². The molecule has 2 aromatic rings. The Labute approximate surface area is 180 Å². The van der Waals surface area contributed by atoms with Crippen LogP contribution >= 0.6 is 11.6 Å². The van der Waals surface area contributed by atoms with E-state index in [9.17, 15) is 9.59 Å². The van der Waals surface area contributed by atoms with Gasteiger partial charge in [0.1, 0.15) is 22.1 Å². The minimum Gasteiger partial charge on any atom is -0.443 e. The molecule has 1 fully saturated rings. The fraction of sp³-hybridized carbons (Fsp3) is 0.600. The molecule has 1 aliphatic rings. The lowest BCUT2D eigenvalue weighted by Crippen LogP contribution is -2.40. The van der Waals surface area contributed by atoms with Gasteiger partial charge in [-0.1, -0.05) is 11.6 Å². The molecule has 3 rings (SSSR count). The molecule has 1 N–H and O–H groups in total. The molecule has 10 heteroatoms. The summed E-state index contributed by atoms with van der Waals surface area (Å²) in [5.74, 6) is 0.0582. The third kappa shape index (κ3) is 5.02. The highest BCUT2D eigenvalue weighted by molar-refractivity contribution is 6.30. The summed E-state index contributed by atoms with van der Waals surface area (Å²) in [4.78, 5) is 30.9. The van der Waals surface area contributed by atoms with E-state index in [2.05, 4.69) is 15.4 Å². The second-order valence-electron chi connectivity index (χ2n) is 8.46. The molecule has 2 amide bonds. The summed E-state index contributed by atoms with van der Waals surface area (Å²) in [6, 6.07) is 1.52. The molecule has 0 aliphatic heterocycles. The number of nitrogens with zero attached hydrogens (tertiary/aromatic N) is 4. The first kappa shape index (κ1) is 22.3. The molecule has 0 radical (unpaired) electrons. The highest BCUT2D eigenvalue weighted by atomic mass is 35.5. The number of halogens is 1. The largest absolute Gasteiger partial charge is 0.443 e. The number of fused-ring (bicyclic) bond motifs is 1. The number of carbonyl (C=O) groups is 2. The van der Waals surface area contributed by atoms with E-state index in [4.69, 9.17) is 21.1 Å². The van der Waals surface area contributed by atoms with Crippen LogP contribution in [0.2, 0.25) is 5.15 Å². The predicted molar refractivity (Wildman–Crippen MR) is 113 cm³/mol. The monoisotopic (exact) mass is 437 g/mol. The average molecular weight is 438 g/mol. The summed E-state index contributed by atoms with van der Waals surface area (Å²) < 4.78 is 12.2. The van der Waals surface area contributed by atoms with Crippen LogP contribution in [0.5, 0.6) is 0 Å². The molecule has 2 heterocycles. The lowest BCUT2D eigenvalue weighted by molar-refractivity contribution is 0.0561. The summed E-state index contributed by atoms with van der Waals surface area (Å²) in [5.41, 5.74) is -0.100. The summed E-state index contributed by atoms with van der Waals surface area (Å²) >= 11 is 6.19. The van der Waals surface area contributed by atoms with Crippen molar-refractivity contribution in [2.24, 2.45) is 0 Å². The van der Waals surface area contributed by atoms with Gasteiger partial charge in [0.25, 0.3) is 5.91 Å². The Kier molecular flexibility index (Phi) is 6.52. The average Bonchev–Trinajstić information content (AvgIpc) is 3.09. The molecule has 1 aliphatic carbocycles. The zero-order valence-corrected chi connectivity index (χ0v) is 18.7. The lowest BCUT2D eigenvalue weighted by Gasteiger charge is -2.28. The van der Waals surface area contributed by atoms with Gasteiger partial charge in [-0.3, -0.25) is 9.69 Å². The number of ether oxygens (including phenoxy) is 2. The lowest BCUT2D eigenvalue weighted by atomic mass is 9.92. The zero-order chi connectivity index (χ0) is 22.1. The fourth-order valence-corrected chi connectivity index (χ4v) is 3.67. The number of methoxy groups -OCH3 is 1. The van der Waals surface area contributed by atoms with Crippen molar-refractivity contribution in [3.05, 3.63) is 23.0 Å². The molecule has 0 saturated heterocycles. The molecule has 2 aromatic heterocycles. The highest BCUT2D eigenvalue weighted by Gasteiger charge is 2.27. The Bertz CT molecular complexity index is 939. The number of carbonyl (C=O) groups excluding carboxylic acids is 2. The molecule has 2 atom stereocenters. The zero-order valence-electron chi connectivity index (χ0n) is 17.9. The molecule has 164 valence electrons. The van der Waals surface area contributed by atoms with E-state index in [1.165, 1.54) is 21.7 Å². The van der Waals surface area contributed by atoms with Crippen LogP contribution < -0.4 is 10.2 Å². The molecular formula is C20H28ClN5O4. The smallest absolute Gasteiger partial charge is 0.415 e. The van der Waals surface area contributed by atoms with Gasteiger partial charge >= 0.3 is 6.09 Å². The summed E-state index contributed by atoms with van der Waals surface area (Å²) in [7, 11) is 3.24. The van der Waals surface area contributed by atoms with Gasteiger partial charge < -0.3 is 14.8 Å². The summed E-state index contributed by atoms with van der Waals surface area (Å²) in [5, 5.41) is 7.44. The maximum atomic E-state index is 12.9. The summed E-state index contributed by atoms with van der Waals surface area (Å²) in [6.45, 7) is 5.34. The van der Waals surface area contributed by atoms with E-state index in [0.717, 1.165) is 25.7 Å². The van der Waals surface area contributed by atoms with E-state index in [-0.39, 0.29) is 34.4 Å². The van der Waals surface area contributed by atoms with Crippen LogP contribution in [0, 0.1) is 0 Å². The second-order valence-corrected chi connectivity index (χ2v) is 8.85. The first-order valence-electron chi connectivity index (χ1n) is 9.93. The van der Waals surface area contributed by atoms with Crippen LogP contribution in [0.3, 0.4) is 0 Å². The van der Waals surface area contributed by atoms with Crippen molar-refractivity contribution < 1.29 is 19.1 Å². The van der Waals surface area contributed by atoms with Crippen molar-refractivity contribution in [1.82, 2.24) is 19.9 Å². The molecule has 1 saturated carbocycles. The van der Waals surface area contributed by atoms with Crippen LogP contribution in [0.15, 0.2) is 12.3 Å². The third-order valence-electron chi connectivity index (χ3n) is 4.97.